The fourth-order valence-corrected chi connectivity index (χ4v) is 7.78. The molecule has 0 amide bonds. The Morgan fingerprint density at radius 1 is 0.893 bits per heavy atom. The van der Waals surface area contributed by atoms with Crippen molar-refractivity contribution in [3.8, 4) is 11.8 Å². The van der Waals surface area contributed by atoms with E-state index in [1.165, 1.54) is 25.7 Å². The molecule has 0 unspecified atom stereocenters. The zero-order valence-corrected chi connectivity index (χ0v) is 17.1. The molecule has 0 saturated heterocycles. The summed E-state index contributed by atoms with van der Waals surface area (Å²) < 4.78 is 0. The predicted octanol–water partition coefficient (Wildman–Crippen LogP) is 4.78. The van der Waals surface area contributed by atoms with Gasteiger partial charge in [-0.05, 0) is 99.0 Å². The summed E-state index contributed by atoms with van der Waals surface area (Å²) >= 11 is 0. The number of hydrogen-bond donors (Lipinski definition) is 2. The highest BCUT2D eigenvalue weighted by Gasteiger charge is 2.59. The Hall–Kier alpha value is -1.30. The molecule has 2 heteroatoms. The Labute approximate surface area is 169 Å². The van der Waals surface area contributed by atoms with E-state index in [1.54, 1.807) is 0 Å². The summed E-state index contributed by atoms with van der Waals surface area (Å²) in [5.41, 5.74) is 0.608. The molecule has 0 aromatic heterocycles. The predicted molar refractivity (Wildman–Crippen MR) is 111 cm³/mol. The van der Waals surface area contributed by atoms with Gasteiger partial charge in [-0.3, -0.25) is 0 Å². The first-order valence-electron chi connectivity index (χ1n) is 11.5. The minimum Gasteiger partial charge on any atom is -0.393 e. The van der Waals surface area contributed by atoms with Crippen molar-refractivity contribution in [2.75, 3.05) is 0 Å². The molecular weight excluding hydrogens is 344 g/mol. The maximum Gasteiger partial charge on any atom is 0.128 e. The van der Waals surface area contributed by atoms with Gasteiger partial charge >= 0.3 is 0 Å². The summed E-state index contributed by atoms with van der Waals surface area (Å²) in [5, 5.41) is 21.6. The molecular formula is C26H34O2. The summed E-state index contributed by atoms with van der Waals surface area (Å²) in [7, 11) is 0. The molecule has 0 aliphatic heterocycles. The average Bonchev–Trinajstić information content (AvgIpc) is 3.05. The van der Waals surface area contributed by atoms with Crippen LogP contribution in [0.3, 0.4) is 0 Å². The highest BCUT2D eigenvalue weighted by atomic mass is 16.3. The number of fused-ring (bicyclic) bond motifs is 5. The number of hydrogen-bond acceptors (Lipinski definition) is 2. The third-order valence-corrected chi connectivity index (χ3v) is 9.24. The smallest absolute Gasteiger partial charge is 0.128 e. The monoisotopic (exact) mass is 378 g/mol. The lowest BCUT2D eigenvalue weighted by Crippen LogP contribution is -2.53. The fraction of sp³-hybridized carbons (Fsp3) is 0.692. The van der Waals surface area contributed by atoms with Gasteiger partial charge in [0.05, 0.1) is 6.10 Å². The van der Waals surface area contributed by atoms with Crippen molar-refractivity contribution in [1.82, 2.24) is 0 Å². The lowest BCUT2D eigenvalue weighted by Gasteiger charge is -2.59. The highest BCUT2D eigenvalue weighted by molar-refractivity contribution is 5.37. The topological polar surface area (TPSA) is 40.5 Å². The summed E-state index contributed by atoms with van der Waals surface area (Å²) in [5.74, 6) is 9.79. The zero-order chi connectivity index (χ0) is 19.4. The highest BCUT2D eigenvalue weighted by Crippen LogP contribution is 2.64. The molecule has 8 atom stereocenters. The molecule has 0 bridgehead atoms. The molecule has 4 aliphatic carbocycles. The van der Waals surface area contributed by atoms with E-state index in [2.05, 4.69) is 18.8 Å². The fourth-order valence-electron chi connectivity index (χ4n) is 7.78. The van der Waals surface area contributed by atoms with E-state index in [4.69, 9.17) is 0 Å². The lowest BCUT2D eigenvalue weighted by molar-refractivity contribution is -0.116. The van der Waals surface area contributed by atoms with Crippen molar-refractivity contribution in [2.45, 2.75) is 76.4 Å². The van der Waals surface area contributed by atoms with Crippen LogP contribution < -0.4 is 0 Å². The minimum absolute atomic E-state index is 0.0733. The van der Waals surface area contributed by atoms with Crippen LogP contribution >= 0.6 is 0 Å². The number of rotatable bonds is 0. The van der Waals surface area contributed by atoms with Gasteiger partial charge in [0.25, 0.3) is 0 Å². The summed E-state index contributed by atoms with van der Waals surface area (Å²) in [6, 6.07) is 10.1. The van der Waals surface area contributed by atoms with E-state index in [1.807, 2.05) is 30.3 Å². The van der Waals surface area contributed by atoms with Gasteiger partial charge in [-0.25, -0.2) is 0 Å². The van der Waals surface area contributed by atoms with Crippen LogP contribution in [0.1, 0.15) is 70.3 Å². The minimum atomic E-state index is -0.800. The third kappa shape index (κ3) is 2.94. The van der Waals surface area contributed by atoms with E-state index >= 15 is 0 Å². The van der Waals surface area contributed by atoms with E-state index in [9.17, 15) is 10.2 Å². The SMILES string of the molecule is C[C@]12CC[C@H](O)C[C@@H]1CC[C@@H]1[C@@H]3CC[C@@](O)(C#Cc4ccccc4)[C@H]3CC[C@@H]12. The van der Waals surface area contributed by atoms with E-state index in [0.717, 1.165) is 49.5 Å². The van der Waals surface area contributed by atoms with Crippen LogP contribution in [-0.4, -0.2) is 21.9 Å². The van der Waals surface area contributed by atoms with Gasteiger partial charge in [0.15, 0.2) is 0 Å². The van der Waals surface area contributed by atoms with Crippen LogP contribution in [0.25, 0.3) is 0 Å². The largest absolute Gasteiger partial charge is 0.393 e. The van der Waals surface area contributed by atoms with Crippen molar-refractivity contribution in [2.24, 2.45) is 35.0 Å². The molecule has 4 aliphatic rings. The Balaban J connectivity index is 1.37. The maximum absolute atomic E-state index is 11.5. The average molecular weight is 379 g/mol. The second kappa shape index (κ2) is 6.89. The van der Waals surface area contributed by atoms with Crippen molar-refractivity contribution >= 4 is 0 Å². The first kappa shape index (κ1) is 18.7. The Bertz CT molecular complexity index is 777. The van der Waals surface area contributed by atoms with Gasteiger partial charge in [0, 0.05) is 11.5 Å². The van der Waals surface area contributed by atoms with Gasteiger partial charge in [0.1, 0.15) is 5.60 Å². The molecule has 1 aromatic rings. The van der Waals surface area contributed by atoms with Crippen molar-refractivity contribution < 1.29 is 10.2 Å². The zero-order valence-electron chi connectivity index (χ0n) is 17.1. The molecule has 5 rings (SSSR count). The van der Waals surface area contributed by atoms with Gasteiger partial charge in [-0.1, -0.05) is 37.0 Å². The summed E-state index contributed by atoms with van der Waals surface area (Å²) in [6.45, 7) is 2.52. The molecule has 1 aromatic carbocycles. The van der Waals surface area contributed by atoms with Gasteiger partial charge in [0.2, 0.25) is 0 Å². The Morgan fingerprint density at radius 3 is 2.46 bits per heavy atom. The van der Waals surface area contributed by atoms with E-state index in [0.29, 0.717) is 23.2 Å². The number of benzene rings is 1. The molecule has 4 saturated carbocycles. The normalized spacial score (nSPS) is 47.2. The van der Waals surface area contributed by atoms with Crippen LogP contribution in [0.2, 0.25) is 0 Å². The molecule has 2 N–H and O–H groups in total. The second-order valence-corrected chi connectivity index (χ2v) is 10.4. The number of aliphatic hydroxyl groups excluding tert-OH is 1. The number of aliphatic hydroxyl groups is 2. The van der Waals surface area contributed by atoms with Crippen LogP contribution in [0.15, 0.2) is 30.3 Å². The molecule has 2 nitrogen and oxygen atoms in total. The standard InChI is InChI=1S/C26H34O2/c1-25-14-12-20(27)17-19(25)7-8-21-22-13-16-26(28,24(22)10-9-23(21)25)15-11-18-5-3-2-4-6-18/h2-6,19-24,27-28H,7-10,12-14,16-17H2,1H3/t19-,20-,21+,22-,23-,24-,25-,26-/m0/s1. The van der Waals surface area contributed by atoms with E-state index in [-0.39, 0.29) is 6.10 Å². The maximum atomic E-state index is 11.5. The van der Waals surface area contributed by atoms with Crippen molar-refractivity contribution in [3.05, 3.63) is 35.9 Å². The summed E-state index contributed by atoms with van der Waals surface area (Å²) in [6.07, 6.45) is 10.0. The van der Waals surface area contributed by atoms with Crippen LogP contribution in [0.4, 0.5) is 0 Å². The van der Waals surface area contributed by atoms with Crippen LogP contribution in [0, 0.1) is 46.8 Å². The van der Waals surface area contributed by atoms with Gasteiger partial charge in [-0.15, -0.1) is 0 Å². The van der Waals surface area contributed by atoms with Crippen molar-refractivity contribution in [3.63, 3.8) is 0 Å². The first-order valence-corrected chi connectivity index (χ1v) is 11.5. The van der Waals surface area contributed by atoms with Crippen LogP contribution in [-0.2, 0) is 0 Å². The molecule has 150 valence electrons. The van der Waals surface area contributed by atoms with E-state index < -0.39 is 5.60 Å². The molecule has 0 heterocycles. The first-order chi connectivity index (χ1) is 13.5. The molecule has 28 heavy (non-hydrogen) atoms. The van der Waals surface area contributed by atoms with Gasteiger partial charge < -0.3 is 10.2 Å². The summed E-state index contributed by atoms with van der Waals surface area (Å²) in [4.78, 5) is 0. The second-order valence-electron chi connectivity index (χ2n) is 10.4. The van der Waals surface area contributed by atoms with Crippen LogP contribution in [0.5, 0.6) is 0 Å². The molecule has 0 spiro atoms. The molecule has 0 radical (unpaired) electrons. The van der Waals surface area contributed by atoms with Gasteiger partial charge in [-0.2, -0.15) is 0 Å². The molecule has 4 fully saturated rings. The quantitative estimate of drug-likeness (QED) is 0.638. The third-order valence-electron chi connectivity index (χ3n) is 9.24. The van der Waals surface area contributed by atoms with Crippen molar-refractivity contribution in [1.29, 1.82) is 0 Å². The Morgan fingerprint density at radius 2 is 1.64 bits per heavy atom. The lowest BCUT2D eigenvalue weighted by atomic mass is 9.47. The Kier molecular flexibility index (Phi) is 4.61.